The molecule has 1 N–H and O–H groups in total. The summed E-state index contributed by atoms with van der Waals surface area (Å²) in [5, 5.41) is 3.98. The third kappa shape index (κ3) is 7.16. The Kier molecular flexibility index (Phi) is 6.97. The van der Waals surface area contributed by atoms with Crippen molar-refractivity contribution in [3.8, 4) is 0 Å². The summed E-state index contributed by atoms with van der Waals surface area (Å²) in [5.74, 6) is 0. The predicted octanol–water partition coefficient (Wildman–Crippen LogP) is 4.06. The number of ether oxygens (including phenoxy) is 1. The van der Waals surface area contributed by atoms with Gasteiger partial charge in [-0.05, 0) is 38.5 Å². The van der Waals surface area contributed by atoms with Crippen molar-refractivity contribution in [2.24, 2.45) is 0 Å². The number of nitrogens with one attached hydrogen (secondary N) is 1. The van der Waals surface area contributed by atoms with Crippen LogP contribution in [0.25, 0.3) is 0 Å². The van der Waals surface area contributed by atoms with E-state index in [1.54, 1.807) is 11.9 Å². The van der Waals surface area contributed by atoms with Crippen molar-refractivity contribution in [1.29, 1.82) is 0 Å². The lowest BCUT2D eigenvalue weighted by molar-refractivity contribution is 0.0300. The van der Waals surface area contributed by atoms with E-state index in [-0.39, 0.29) is 6.09 Å². The van der Waals surface area contributed by atoms with Gasteiger partial charge in [0.1, 0.15) is 5.60 Å². The monoisotopic (exact) mass is 376 g/mol. The van der Waals surface area contributed by atoms with Gasteiger partial charge in [-0.15, -0.1) is 0 Å². The molecule has 1 aromatic rings. The van der Waals surface area contributed by atoms with Crippen LogP contribution in [-0.4, -0.2) is 36.7 Å². The van der Waals surface area contributed by atoms with Crippen LogP contribution in [0.1, 0.15) is 26.3 Å². The number of benzene rings is 1. The highest BCUT2D eigenvalue weighted by Gasteiger charge is 2.19. The third-order valence-electron chi connectivity index (χ3n) is 2.66. The number of nitrogens with zero attached hydrogens (tertiary/aromatic N) is 1. The quantitative estimate of drug-likeness (QED) is 0.787. The summed E-state index contributed by atoms with van der Waals surface area (Å²) in [4.78, 5) is 13.3. The summed E-state index contributed by atoms with van der Waals surface area (Å²) in [6, 6.07) is 5.79. The van der Waals surface area contributed by atoms with Crippen LogP contribution < -0.4 is 5.32 Å². The Labute approximate surface area is 139 Å². The molecule has 0 unspecified atom stereocenters. The minimum atomic E-state index is -0.469. The van der Waals surface area contributed by atoms with Crippen molar-refractivity contribution in [3.05, 3.63) is 33.3 Å². The second kappa shape index (κ2) is 8.01. The Morgan fingerprint density at radius 2 is 2.10 bits per heavy atom. The minimum absolute atomic E-state index is 0.314. The van der Waals surface area contributed by atoms with E-state index in [9.17, 15) is 4.79 Å². The molecule has 0 heterocycles. The van der Waals surface area contributed by atoms with Gasteiger partial charge in [-0.3, -0.25) is 0 Å². The topological polar surface area (TPSA) is 41.6 Å². The van der Waals surface area contributed by atoms with Gasteiger partial charge in [0.15, 0.2) is 0 Å². The summed E-state index contributed by atoms with van der Waals surface area (Å²) in [6.45, 7) is 7.46. The molecule has 0 bridgehead atoms. The van der Waals surface area contributed by atoms with E-state index in [4.69, 9.17) is 16.3 Å². The molecule has 0 spiro atoms. The van der Waals surface area contributed by atoms with Gasteiger partial charge >= 0.3 is 6.09 Å². The van der Waals surface area contributed by atoms with E-state index in [0.717, 1.165) is 15.1 Å². The van der Waals surface area contributed by atoms with Crippen LogP contribution in [0.3, 0.4) is 0 Å². The molecule has 1 rings (SSSR count). The molecule has 1 aromatic carbocycles. The average Bonchev–Trinajstić information content (AvgIpc) is 2.34. The van der Waals surface area contributed by atoms with Crippen LogP contribution >= 0.6 is 27.5 Å². The van der Waals surface area contributed by atoms with Crippen molar-refractivity contribution in [1.82, 2.24) is 10.2 Å². The van der Waals surface area contributed by atoms with E-state index in [1.807, 2.05) is 39.0 Å². The van der Waals surface area contributed by atoms with Crippen LogP contribution in [0.5, 0.6) is 0 Å². The Morgan fingerprint density at radius 3 is 2.67 bits per heavy atom. The molecule has 0 saturated carbocycles. The van der Waals surface area contributed by atoms with E-state index in [1.165, 1.54) is 0 Å². The van der Waals surface area contributed by atoms with Crippen molar-refractivity contribution >= 4 is 33.6 Å². The third-order valence-corrected chi connectivity index (χ3v) is 3.50. The zero-order chi connectivity index (χ0) is 16.0. The second-order valence-electron chi connectivity index (χ2n) is 5.81. The molecule has 0 aliphatic carbocycles. The maximum atomic E-state index is 11.8. The van der Waals surface area contributed by atoms with Gasteiger partial charge in [0.2, 0.25) is 0 Å². The fraction of sp³-hybridized carbons (Fsp3) is 0.533. The largest absolute Gasteiger partial charge is 0.444 e. The molecule has 118 valence electrons. The normalized spacial score (nSPS) is 11.3. The van der Waals surface area contributed by atoms with Crippen LogP contribution in [0, 0.1) is 0 Å². The van der Waals surface area contributed by atoms with Crippen molar-refractivity contribution < 1.29 is 9.53 Å². The number of rotatable bonds is 5. The molecule has 0 fully saturated rings. The van der Waals surface area contributed by atoms with Gasteiger partial charge in [-0.25, -0.2) is 4.79 Å². The van der Waals surface area contributed by atoms with E-state index < -0.39 is 5.60 Å². The van der Waals surface area contributed by atoms with Crippen LogP contribution in [0.15, 0.2) is 22.7 Å². The molecule has 0 saturated heterocycles. The fourth-order valence-corrected chi connectivity index (χ4v) is 2.31. The first-order valence-electron chi connectivity index (χ1n) is 6.78. The van der Waals surface area contributed by atoms with Crippen LogP contribution in [0.4, 0.5) is 4.79 Å². The summed E-state index contributed by atoms with van der Waals surface area (Å²) in [6.07, 6.45) is -0.314. The number of hydrogen-bond donors (Lipinski definition) is 1. The maximum Gasteiger partial charge on any atom is 0.410 e. The number of halogens is 2. The summed E-state index contributed by atoms with van der Waals surface area (Å²) < 4.78 is 6.24. The molecule has 0 aliphatic rings. The summed E-state index contributed by atoms with van der Waals surface area (Å²) in [5.41, 5.74) is 0.559. The number of hydrogen-bond acceptors (Lipinski definition) is 3. The number of carbonyl (C=O) groups is 1. The Hall–Kier alpha value is -0.780. The van der Waals surface area contributed by atoms with E-state index >= 15 is 0 Å². The molecular weight excluding hydrogens is 356 g/mol. The summed E-state index contributed by atoms with van der Waals surface area (Å²) in [7, 11) is 1.72. The first-order chi connectivity index (χ1) is 9.69. The van der Waals surface area contributed by atoms with Crippen molar-refractivity contribution in [2.45, 2.75) is 32.9 Å². The van der Waals surface area contributed by atoms with Gasteiger partial charge in [0, 0.05) is 36.2 Å². The Bertz CT molecular complexity index is 489. The molecule has 0 atom stereocenters. The Morgan fingerprint density at radius 1 is 1.43 bits per heavy atom. The maximum absolute atomic E-state index is 11.8. The molecule has 1 amide bonds. The highest BCUT2D eigenvalue weighted by Crippen LogP contribution is 2.21. The smallest absolute Gasteiger partial charge is 0.410 e. The summed E-state index contributed by atoms with van der Waals surface area (Å²) >= 11 is 9.51. The van der Waals surface area contributed by atoms with E-state index in [0.29, 0.717) is 19.6 Å². The van der Waals surface area contributed by atoms with Gasteiger partial charge in [0.25, 0.3) is 0 Å². The standard InChI is InChI=1S/C15H22BrClN2O2/c1-15(2,3)21-14(20)19(4)8-7-18-10-11-5-6-12(16)9-13(11)17/h5-6,9,18H,7-8,10H2,1-4H3. The number of carbonyl (C=O) groups excluding carboxylic acids is 1. The minimum Gasteiger partial charge on any atom is -0.444 e. The Balaban J connectivity index is 2.32. The highest BCUT2D eigenvalue weighted by molar-refractivity contribution is 9.10. The zero-order valence-electron chi connectivity index (χ0n) is 12.9. The highest BCUT2D eigenvalue weighted by atomic mass is 79.9. The van der Waals surface area contributed by atoms with Crippen molar-refractivity contribution in [3.63, 3.8) is 0 Å². The SMILES string of the molecule is CN(CCNCc1ccc(Br)cc1Cl)C(=O)OC(C)(C)C. The van der Waals surface area contributed by atoms with Crippen LogP contribution in [-0.2, 0) is 11.3 Å². The molecule has 4 nitrogen and oxygen atoms in total. The first kappa shape index (κ1) is 18.3. The molecule has 21 heavy (non-hydrogen) atoms. The molecule has 0 aliphatic heterocycles. The lowest BCUT2D eigenvalue weighted by Crippen LogP contribution is -2.37. The zero-order valence-corrected chi connectivity index (χ0v) is 15.2. The predicted molar refractivity (Wildman–Crippen MR) is 89.7 cm³/mol. The molecular formula is C15H22BrClN2O2. The number of likely N-dealkylation sites (N-methyl/N-ethyl adjacent to an activating group) is 1. The molecule has 0 aromatic heterocycles. The van der Waals surface area contributed by atoms with Gasteiger partial charge < -0.3 is 15.0 Å². The van der Waals surface area contributed by atoms with E-state index in [2.05, 4.69) is 21.2 Å². The molecule has 6 heteroatoms. The lowest BCUT2D eigenvalue weighted by Gasteiger charge is -2.24. The van der Waals surface area contributed by atoms with Gasteiger partial charge in [-0.2, -0.15) is 0 Å². The second-order valence-corrected chi connectivity index (χ2v) is 7.14. The number of amides is 1. The van der Waals surface area contributed by atoms with Gasteiger partial charge in [-0.1, -0.05) is 33.6 Å². The fourth-order valence-electron chi connectivity index (χ4n) is 1.57. The first-order valence-corrected chi connectivity index (χ1v) is 7.95. The average molecular weight is 378 g/mol. The van der Waals surface area contributed by atoms with Crippen molar-refractivity contribution in [2.75, 3.05) is 20.1 Å². The van der Waals surface area contributed by atoms with Gasteiger partial charge in [0.05, 0.1) is 0 Å². The van der Waals surface area contributed by atoms with Crippen LogP contribution in [0.2, 0.25) is 5.02 Å². The lowest BCUT2D eigenvalue weighted by atomic mass is 10.2. The molecule has 0 radical (unpaired) electrons.